The lowest BCUT2D eigenvalue weighted by atomic mass is 9.87. The van der Waals surface area contributed by atoms with Gasteiger partial charge in [-0.15, -0.1) is 0 Å². The highest BCUT2D eigenvalue weighted by Gasteiger charge is 2.43. The van der Waals surface area contributed by atoms with Gasteiger partial charge in [-0.3, -0.25) is 9.69 Å². The summed E-state index contributed by atoms with van der Waals surface area (Å²) in [5.41, 5.74) is 4.57. The van der Waals surface area contributed by atoms with Gasteiger partial charge in [0.25, 0.3) is 5.91 Å². The molecule has 1 atom stereocenters. The van der Waals surface area contributed by atoms with Gasteiger partial charge in [0.2, 0.25) is 8.32 Å². The molecule has 2 aromatic carbocycles. The minimum absolute atomic E-state index is 0.0555. The molecule has 0 bridgehead atoms. The lowest BCUT2D eigenvalue weighted by molar-refractivity contribution is -0.118. The van der Waals surface area contributed by atoms with Crippen LogP contribution in [0.15, 0.2) is 48.6 Å². The molecule has 0 aromatic heterocycles. The summed E-state index contributed by atoms with van der Waals surface area (Å²) in [7, 11) is -0.342. The number of amides is 1. The summed E-state index contributed by atoms with van der Waals surface area (Å²) in [6, 6.07) is 11.9. The number of carbonyl (C=O) groups is 1. The van der Waals surface area contributed by atoms with Gasteiger partial charge >= 0.3 is 0 Å². The van der Waals surface area contributed by atoms with Gasteiger partial charge in [-0.05, 0) is 66.9 Å². The minimum atomic E-state index is -1.98. The Morgan fingerprint density at radius 1 is 1.07 bits per heavy atom. The summed E-state index contributed by atoms with van der Waals surface area (Å²) < 4.78 is 12.0. The van der Waals surface area contributed by atoms with Crippen molar-refractivity contribution in [1.82, 2.24) is 0 Å². The summed E-state index contributed by atoms with van der Waals surface area (Å²) in [5, 5.41) is 0.107. The zero-order valence-corrected chi connectivity index (χ0v) is 20.4. The van der Waals surface area contributed by atoms with Crippen molar-refractivity contribution in [3.63, 3.8) is 0 Å². The second-order valence-electron chi connectivity index (χ2n) is 9.70. The fourth-order valence-electron chi connectivity index (χ4n) is 3.41. The van der Waals surface area contributed by atoms with E-state index >= 15 is 0 Å². The Labute approximate surface area is 181 Å². The molecule has 1 amide bonds. The Bertz CT molecular complexity index is 1000. The molecule has 0 saturated carbocycles. The molecule has 2 aromatic rings. The predicted octanol–water partition coefficient (Wildman–Crippen LogP) is 6.34. The first-order chi connectivity index (χ1) is 13.9. The van der Waals surface area contributed by atoms with Crippen LogP contribution in [0, 0.1) is 13.8 Å². The second kappa shape index (κ2) is 7.62. The number of benzene rings is 2. The Hall–Kier alpha value is -2.53. The summed E-state index contributed by atoms with van der Waals surface area (Å²) in [5.74, 6) is 1.58. The molecule has 0 unspecified atom stereocenters. The van der Waals surface area contributed by atoms with Gasteiger partial charge < -0.3 is 9.16 Å². The van der Waals surface area contributed by atoms with E-state index in [0.717, 1.165) is 33.9 Å². The first kappa shape index (κ1) is 22.2. The van der Waals surface area contributed by atoms with E-state index in [2.05, 4.69) is 65.6 Å². The van der Waals surface area contributed by atoms with Crippen molar-refractivity contribution in [3.8, 4) is 11.5 Å². The van der Waals surface area contributed by atoms with Gasteiger partial charge in [0.15, 0.2) is 0 Å². The third-order valence-corrected chi connectivity index (χ3v) is 10.7. The normalized spacial score (nSPS) is 17.1. The molecule has 160 valence electrons. The molecule has 3 rings (SSSR count). The number of ether oxygens (including phenoxy) is 1. The van der Waals surface area contributed by atoms with Gasteiger partial charge in [-0.25, -0.2) is 0 Å². The standard InChI is InChI=1S/C25H33NO3Si/c1-16-12-20(15-21(13-16)28-7)26-23(18(3)24(26)27)19-11-10-17(2)22(14-19)29-30(8,9)25(4,5)6/h10-15,23H,3H2,1-2,4-9H3/t23-/m1/s1. The molecule has 1 heterocycles. The van der Waals surface area contributed by atoms with Crippen molar-refractivity contribution in [3.05, 3.63) is 65.2 Å². The van der Waals surface area contributed by atoms with Crippen molar-refractivity contribution in [2.24, 2.45) is 0 Å². The Balaban J connectivity index is 1.99. The maximum atomic E-state index is 12.7. The summed E-state index contributed by atoms with van der Waals surface area (Å²) in [6.07, 6.45) is 0. The number of anilines is 1. The molecular weight excluding hydrogens is 390 g/mol. The van der Waals surface area contributed by atoms with E-state index in [1.165, 1.54) is 0 Å². The number of nitrogens with zero attached hydrogens (tertiary/aromatic N) is 1. The SMILES string of the molecule is C=C1C(=O)N(c2cc(C)cc(OC)c2)[C@H]1c1ccc(C)c(O[Si](C)(C)C(C)(C)C)c1. The maximum Gasteiger partial charge on any atom is 0.256 e. The van der Waals surface area contributed by atoms with Gasteiger partial charge in [-0.2, -0.15) is 0 Å². The van der Waals surface area contributed by atoms with Crippen molar-refractivity contribution in [2.45, 2.75) is 58.8 Å². The molecule has 1 fully saturated rings. The van der Waals surface area contributed by atoms with Crippen molar-refractivity contribution < 1.29 is 14.0 Å². The van der Waals surface area contributed by atoms with Crippen LogP contribution in [0.4, 0.5) is 5.69 Å². The van der Waals surface area contributed by atoms with Crippen molar-refractivity contribution >= 4 is 19.9 Å². The monoisotopic (exact) mass is 423 g/mol. The molecule has 1 aliphatic heterocycles. The second-order valence-corrected chi connectivity index (χ2v) is 14.4. The first-order valence-electron chi connectivity index (χ1n) is 10.3. The summed E-state index contributed by atoms with van der Waals surface area (Å²) >= 11 is 0. The Morgan fingerprint density at radius 3 is 2.33 bits per heavy atom. The quantitative estimate of drug-likeness (QED) is 0.320. The van der Waals surface area contributed by atoms with E-state index in [1.54, 1.807) is 12.0 Å². The third kappa shape index (κ3) is 3.91. The third-order valence-electron chi connectivity index (χ3n) is 6.33. The number of hydrogen-bond donors (Lipinski definition) is 0. The fourth-order valence-corrected chi connectivity index (χ4v) is 4.48. The van der Waals surface area contributed by atoms with Crippen LogP contribution < -0.4 is 14.1 Å². The fraction of sp³-hybridized carbons (Fsp3) is 0.400. The summed E-state index contributed by atoms with van der Waals surface area (Å²) in [6.45, 7) is 19.3. The molecule has 0 spiro atoms. The van der Waals surface area contributed by atoms with E-state index in [4.69, 9.17) is 9.16 Å². The molecular formula is C25H33NO3Si. The van der Waals surface area contributed by atoms with E-state index < -0.39 is 8.32 Å². The molecule has 5 heteroatoms. The lowest BCUT2D eigenvalue weighted by Gasteiger charge is -2.43. The van der Waals surface area contributed by atoms with Crippen LogP contribution in [0.5, 0.6) is 11.5 Å². The number of rotatable bonds is 5. The number of methoxy groups -OCH3 is 1. The van der Waals surface area contributed by atoms with Crippen molar-refractivity contribution in [2.75, 3.05) is 12.0 Å². The highest BCUT2D eigenvalue weighted by atomic mass is 28.4. The van der Waals surface area contributed by atoms with Crippen LogP contribution >= 0.6 is 0 Å². The van der Waals surface area contributed by atoms with Gasteiger partial charge in [-0.1, -0.05) is 39.5 Å². The van der Waals surface area contributed by atoms with Crippen LogP contribution in [0.25, 0.3) is 0 Å². The highest BCUT2D eigenvalue weighted by molar-refractivity contribution is 6.74. The molecule has 30 heavy (non-hydrogen) atoms. The first-order valence-corrected chi connectivity index (χ1v) is 13.2. The molecule has 1 saturated heterocycles. The number of β-lactam (4-membered cyclic amide) rings is 1. The number of carbonyl (C=O) groups excluding carboxylic acids is 1. The summed E-state index contributed by atoms with van der Waals surface area (Å²) in [4.78, 5) is 14.5. The molecule has 4 nitrogen and oxygen atoms in total. The lowest BCUT2D eigenvalue weighted by Crippen LogP contribution is -2.49. The van der Waals surface area contributed by atoms with Crippen molar-refractivity contribution in [1.29, 1.82) is 0 Å². The predicted molar refractivity (Wildman–Crippen MR) is 126 cm³/mol. The smallest absolute Gasteiger partial charge is 0.256 e. The van der Waals surface area contributed by atoms with E-state index in [0.29, 0.717) is 5.57 Å². The molecule has 1 aliphatic rings. The van der Waals surface area contributed by atoms with Crippen LogP contribution in [0.3, 0.4) is 0 Å². The van der Waals surface area contributed by atoms with E-state index in [1.807, 2.05) is 25.1 Å². The molecule has 0 radical (unpaired) electrons. The zero-order chi connectivity index (χ0) is 22.4. The minimum Gasteiger partial charge on any atom is -0.543 e. The Kier molecular flexibility index (Phi) is 5.63. The van der Waals surface area contributed by atoms with Gasteiger partial charge in [0.1, 0.15) is 11.5 Å². The largest absolute Gasteiger partial charge is 0.543 e. The van der Waals surface area contributed by atoms with Crippen LogP contribution in [0.1, 0.15) is 43.5 Å². The zero-order valence-electron chi connectivity index (χ0n) is 19.4. The van der Waals surface area contributed by atoms with Crippen LogP contribution in [-0.2, 0) is 4.79 Å². The average Bonchev–Trinajstić information content (AvgIpc) is 2.65. The molecule has 0 aliphatic carbocycles. The number of aryl methyl sites for hydroxylation is 2. The average molecular weight is 424 g/mol. The van der Waals surface area contributed by atoms with Crippen LogP contribution in [0.2, 0.25) is 18.1 Å². The maximum absolute atomic E-state index is 12.7. The van der Waals surface area contributed by atoms with Gasteiger partial charge in [0.05, 0.1) is 13.2 Å². The Morgan fingerprint density at radius 2 is 1.73 bits per heavy atom. The highest BCUT2D eigenvalue weighted by Crippen LogP contribution is 2.45. The topological polar surface area (TPSA) is 38.8 Å². The molecule has 0 N–H and O–H groups in total. The number of hydrogen-bond acceptors (Lipinski definition) is 3. The van der Waals surface area contributed by atoms with E-state index in [9.17, 15) is 4.79 Å². The van der Waals surface area contributed by atoms with Gasteiger partial charge in [0, 0.05) is 17.3 Å². The van der Waals surface area contributed by atoms with E-state index in [-0.39, 0.29) is 17.0 Å². The van der Waals surface area contributed by atoms with Crippen LogP contribution in [-0.4, -0.2) is 21.3 Å².